The molecule has 0 bridgehead atoms. The molecule has 106 valence electrons. The molecule has 0 heterocycles. The molecule has 0 aromatic heterocycles. The van der Waals surface area contributed by atoms with Gasteiger partial charge in [-0.2, -0.15) is 0 Å². The molecule has 4 nitrogen and oxygen atoms in total. The number of benzene rings is 1. The van der Waals surface area contributed by atoms with Crippen LogP contribution in [0.3, 0.4) is 0 Å². The Kier molecular flexibility index (Phi) is 4.66. The molecule has 1 aromatic carbocycles. The average Bonchev–Trinajstić information content (AvgIpc) is 2.28. The molecule has 1 rings (SSSR count). The zero-order valence-corrected chi connectivity index (χ0v) is 11.2. The quantitative estimate of drug-likeness (QED) is 0.733. The largest absolute Gasteiger partial charge is 0.481 e. The Hall–Kier alpha value is -1.46. The maximum absolute atomic E-state index is 13.3. The first-order valence-electron chi connectivity index (χ1n) is 6.13. The summed E-state index contributed by atoms with van der Waals surface area (Å²) in [4.78, 5) is 11.6. The molecule has 0 radical (unpaired) electrons. The molecule has 0 aliphatic heterocycles. The van der Waals surface area contributed by atoms with Gasteiger partial charge in [-0.05, 0) is 44.4 Å². The normalized spacial score (nSPS) is 15.0. The second kappa shape index (κ2) is 5.67. The van der Waals surface area contributed by atoms with Crippen molar-refractivity contribution in [2.24, 2.45) is 5.73 Å². The van der Waals surface area contributed by atoms with Gasteiger partial charge in [-0.1, -0.05) is 12.1 Å². The number of nitrogens with two attached hydrogens (primary N) is 1. The summed E-state index contributed by atoms with van der Waals surface area (Å²) < 4.78 is 13.3. The minimum absolute atomic E-state index is 0.145. The average molecular weight is 269 g/mol. The lowest BCUT2D eigenvalue weighted by Crippen LogP contribution is -2.44. The van der Waals surface area contributed by atoms with Crippen LogP contribution in [0.25, 0.3) is 0 Å². The summed E-state index contributed by atoms with van der Waals surface area (Å²) in [5.41, 5.74) is 3.59. The molecule has 0 aliphatic rings. The van der Waals surface area contributed by atoms with E-state index in [0.29, 0.717) is 5.56 Å². The summed E-state index contributed by atoms with van der Waals surface area (Å²) in [6.45, 7) is 3.05. The van der Waals surface area contributed by atoms with Crippen LogP contribution in [-0.4, -0.2) is 28.3 Å². The van der Waals surface area contributed by atoms with Crippen molar-refractivity contribution in [2.45, 2.75) is 37.7 Å². The topological polar surface area (TPSA) is 83.5 Å². The van der Waals surface area contributed by atoms with Crippen LogP contribution in [0.5, 0.6) is 0 Å². The highest BCUT2D eigenvalue weighted by atomic mass is 19.1. The van der Waals surface area contributed by atoms with Gasteiger partial charge in [0, 0.05) is 6.54 Å². The van der Waals surface area contributed by atoms with Crippen LogP contribution >= 0.6 is 0 Å². The van der Waals surface area contributed by atoms with E-state index in [1.807, 2.05) is 0 Å². The molecule has 0 fully saturated rings. The van der Waals surface area contributed by atoms with Gasteiger partial charge in [0.2, 0.25) is 0 Å². The van der Waals surface area contributed by atoms with Crippen molar-refractivity contribution in [3.05, 3.63) is 35.6 Å². The Bertz CT molecular complexity index is 456. The smallest absolute Gasteiger partial charge is 0.315 e. The second-order valence-electron chi connectivity index (χ2n) is 5.41. The van der Waals surface area contributed by atoms with Gasteiger partial charge in [0.25, 0.3) is 0 Å². The summed E-state index contributed by atoms with van der Waals surface area (Å²) in [5.74, 6) is -1.61. The van der Waals surface area contributed by atoms with E-state index in [4.69, 9.17) is 5.73 Å². The number of carboxylic acids is 1. The number of carbonyl (C=O) groups is 1. The second-order valence-corrected chi connectivity index (χ2v) is 5.41. The van der Waals surface area contributed by atoms with E-state index in [0.717, 1.165) is 0 Å². The molecule has 0 saturated carbocycles. The van der Waals surface area contributed by atoms with Gasteiger partial charge in [-0.15, -0.1) is 0 Å². The van der Waals surface area contributed by atoms with Gasteiger partial charge in [-0.25, -0.2) is 4.39 Å². The van der Waals surface area contributed by atoms with Crippen LogP contribution in [0.15, 0.2) is 24.3 Å². The summed E-state index contributed by atoms with van der Waals surface area (Å²) in [5, 5.41) is 19.2. The van der Waals surface area contributed by atoms with Gasteiger partial charge in [0.15, 0.2) is 0 Å². The van der Waals surface area contributed by atoms with Crippen molar-refractivity contribution >= 4 is 5.97 Å². The third kappa shape index (κ3) is 3.75. The summed E-state index contributed by atoms with van der Waals surface area (Å²) in [6, 6.07) is 5.45. The van der Waals surface area contributed by atoms with E-state index < -0.39 is 22.8 Å². The van der Waals surface area contributed by atoms with Crippen LogP contribution in [0.2, 0.25) is 0 Å². The summed E-state index contributed by atoms with van der Waals surface area (Å²) in [6.07, 6.45) is 0.402. The summed E-state index contributed by atoms with van der Waals surface area (Å²) >= 11 is 0. The van der Waals surface area contributed by atoms with Crippen molar-refractivity contribution in [3.8, 4) is 0 Å². The number of carboxylic acid groups (broad SMARTS) is 1. The Labute approximate surface area is 112 Å². The SMILES string of the molecule is CC(C)(O)CCC(CN)(C(=O)O)c1cccc(F)c1. The Morgan fingerprint density at radius 2 is 2.00 bits per heavy atom. The number of hydrogen-bond donors (Lipinski definition) is 3. The van der Waals surface area contributed by atoms with Crippen LogP contribution < -0.4 is 5.73 Å². The molecule has 1 atom stereocenters. The van der Waals surface area contributed by atoms with E-state index in [-0.39, 0.29) is 19.4 Å². The number of halogens is 1. The molecule has 5 heteroatoms. The lowest BCUT2D eigenvalue weighted by molar-refractivity contribution is -0.144. The van der Waals surface area contributed by atoms with Crippen LogP contribution in [-0.2, 0) is 10.2 Å². The van der Waals surface area contributed by atoms with E-state index in [1.165, 1.54) is 18.2 Å². The maximum Gasteiger partial charge on any atom is 0.315 e. The van der Waals surface area contributed by atoms with E-state index in [2.05, 4.69) is 0 Å². The van der Waals surface area contributed by atoms with Crippen molar-refractivity contribution in [1.29, 1.82) is 0 Å². The zero-order valence-electron chi connectivity index (χ0n) is 11.2. The van der Waals surface area contributed by atoms with Crippen molar-refractivity contribution < 1.29 is 19.4 Å². The highest BCUT2D eigenvalue weighted by Crippen LogP contribution is 2.32. The molecular weight excluding hydrogens is 249 g/mol. The lowest BCUT2D eigenvalue weighted by atomic mass is 9.75. The van der Waals surface area contributed by atoms with Crippen LogP contribution in [0.4, 0.5) is 4.39 Å². The zero-order chi connectivity index (χ0) is 14.7. The predicted octanol–water partition coefficient (Wildman–Crippen LogP) is 1.66. The number of rotatable bonds is 6. The van der Waals surface area contributed by atoms with Gasteiger partial charge in [0.05, 0.1) is 5.60 Å². The van der Waals surface area contributed by atoms with Gasteiger partial charge in [0.1, 0.15) is 11.2 Å². The van der Waals surface area contributed by atoms with Crippen molar-refractivity contribution in [2.75, 3.05) is 6.54 Å². The molecule has 0 aliphatic carbocycles. The van der Waals surface area contributed by atoms with Gasteiger partial charge < -0.3 is 15.9 Å². The molecule has 4 N–H and O–H groups in total. The molecule has 0 saturated heterocycles. The third-order valence-electron chi connectivity index (χ3n) is 3.30. The Morgan fingerprint density at radius 3 is 2.42 bits per heavy atom. The molecule has 0 amide bonds. The first kappa shape index (κ1) is 15.6. The standard InChI is InChI=1S/C14H20FNO3/c1-13(2,19)6-7-14(9-16,12(17)18)10-4-3-5-11(15)8-10/h3-5,8,19H,6-7,9,16H2,1-2H3,(H,17,18). The van der Waals surface area contributed by atoms with Gasteiger partial charge >= 0.3 is 5.97 Å². The number of hydrogen-bond acceptors (Lipinski definition) is 3. The van der Waals surface area contributed by atoms with Gasteiger partial charge in [-0.3, -0.25) is 4.79 Å². The first-order chi connectivity index (χ1) is 8.71. The van der Waals surface area contributed by atoms with E-state index in [1.54, 1.807) is 19.9 Å². The van der Waals surface area contributed by atoms with Crippen molar-refractivity contribution in [3.63, 3.8) is 0 Å². The monoisotopic (exact) mass is 269 g/mol. The van der Waals surface area contributed by atoms with Crippen molar-refractivity contribution in [1.82, 2.24) is 0 Å². The highest BCUT2D eigenvalue weighted by Gasteiger charge is 2.40. The van der Waals surface area contributed by atoms with E-state index >= 15 is 0 Å². The number of aliphatic hydroxyl groups is 1. The fourth-order valence-electron chi connectivity index (χ4n) is 1.99. The molecule has 1 unspecified atom stereocenters. The minimum Gasteiger partial charge on any atom is -0.481 e. The molecular formula is C14H20FNO3. The Balaban J connectivity index is 3.16. The van der Waals surface area contributed by atoms with Crippen LogP contribution in [0.1, 0.15) is 32.3 Å². The van der Waals surface area contributed by atoms with E-state index in [9.17, 15) is 19.4 Å². The van der Waals surface area contributed by atoms with Crippen LogP contribution in [0, 0.1) is 5.82 Å². The Morgan fingerprint density at radius 1 is 1.37 bits per heavy atom. The highest BCUT2D eigenvalue weighted by molar-refractivity contribution is 5.81. The molecule has 19 heavy (non-hydrogen) atoms. The predicted molar refractivity (Wildman–Crippen MR) is 70.3 cm³/mol. The maximum atomic E-state index is 13.3. The summed E-state index contributed by atoms with van der Waals surface area (Å²) in [7, 11) is 0. The molecule has 1 aromatic rings. The minimum atomic E-state index is -1.37. The first-order valence-corrected chi connectivity index (χ1v) is 6.13. The molecule has 0 spiro atoms. The number of aliphatic carboxylic acids is 1. The fraction of sp³-hybridized carbons (Fsp3) is 0.500. The lowest BCUT2D eigenvalue weighted by Gasteiger charge is -2.31. The third-order valence-corrected chi connectivity index (χ3v) is 3.30. The fourth-order valence-corrected chi connectivity index (χ4v) is 1.99.